The van der Waals surface area contributed by atoms with E-state index in [1.807, 2.05) is 9.80 Å². The van der Waals surface area contributed by atoms with Gasteiger partial charge >= 0.3 is 0 Å². The quantitative estimate of drug-likeness (QED) is 0.804. The Morgan fingerprint density at radius 2 is 1.54 bits per heavy atom. The van der Waals surface area contributed by atoms with Crippen molar-refractivity contribution in [1.82, 2.24) is 15.1 Å². The molecule has 3 aliphatic rings. The molecule has 2 aliphatic heterocycles. The van der Waals surface area contributed by atoms with Gasteiger partial charge in [-0.1, -0.05) is 25.7 Å². The Kier molecular flexibility index (Phi) is 8.16. The highest BCUT2D eigenvalue weighted by molar-refractivity contribution is 5.81. The van der Waals surface area contributed by atoms with Gasteiger partial charge in [0, 0.05) is 51.5 Å². The van der Waals surface area contributed by atoms with Crippen molar-refractivity contribution < 1.29 is 14.4 Å². The molecule has 2 saturated heterocycles. The van der Waals surface area contributed by atoms with Gasteiger partial charge in [-0.05, 0) is 44.4 Å². The molecule has 1 aliphatic carbocycles. The standard InChI is InChI=1S/C22H37N3O3/c26-20-11-16-25(13-6-2-1-5-12-23-20)22(28)19-9-14-24(15-10-19)21(27)17-18-7-3-4-8-18/h18-19H,1-17H2,(H,23,26). The molecular formula is C22H37N3O3. The summed E-state index contributed by atoms with van der Waals surface area (Å²) in [5, 5.41) is 2.95. The van der Waals surface area contributed by atoms with E-state index >= 15 is 0 Å². The van der Waals surface area contributed by atoms with Crippen molar-refractivity contribution in [3.8, 4) is 0 Å². The van der Waals surface area contributed by atoms with E-state index in [4.69, 9.17) is 0 Å². The minimum atomic E-state index is 0.00344. The molecule has 0 aromatic rings. The largest absolute Gasteiger partial charge is 0.356 e. The van der Waals surface area contributed by atoms with Crippen molar-refractivity contribution in [3.05, 3.63) is 0 Å². The molecule has 3 fully saturated rings. The van der Waals surface area contributed by atoms with Crippen molar-refractivity contribution in [2.75, 3.05) is 32.7 Å². The summed E-state index contributed by atoms with van der Waals surface area (Å²) >= 11 is 0. The number of carbonyl (C=O) groups excluding carboxylic acids is 3. The lowest BCUT2D eigenvalue weighted by atomic mass is 9.94. The molecule has 2 heterocycles. The Balaban J connectivity index is 1.46. The lowest BCUT2D eigenvalue weighted by molar-refractivity contribution is -0.141. The number of nitrogens with zero attached hydrogens (tertiary/aromatic N) is 2. The molecule has 3 rings (SSSR count). The van der Waals surface area contributed by atoms with Crippen molar-refractivity contribution in [3.63, 3.8) is 0 Å². The summed E-state index contributed by atoms with van der Waals surface area (Å²) in [4.78, 5) is 41.4. The monoisotopic (exact) mass is 391 g/mol. The maximum Gasteiger partial charge on any atom is 0.225 e. The van der Waals surface area contributed by atoms with Gasteiger partial charge in [0.2, 0.25) is 17.7 Å². The highest BCUT2D eigenvalue weighted by atomic mass is 16.2. The molecule has 6 heteroatoms. The van der Waals surface area contributed by atoms with Gasteiger partial charge in [0.05, 0.1) is 0 Å². The van der Waals surface area contributed by atoms with E-state index in [-0.39, 0.29) is 23.6 Å². The molecule has 1 N–H and O–H groups in total. The van der Waals surface area contributed by atoms with Crippen LogP contribution in [0.4, 0.5) is 0 Å². The van der Waals surface area contributed by atoms with Gasteiger partial charge < -0.3 is 15.1 Å². The molecule has 0 aromatic carbocycles. The predicted molar refractivity (Wildman–Crippen MR) is 109 cm³/mol. The van der Waals surface area contributed by atoms with Crippen LogP contribution in [0.15, 0.2) is 0 Å². The molecule has 1 saturated carbocycles. The van der Waals surface area contributed by atoms with Crippen molar-refractivity contribution >= 4 is 17.7 Å². The minimum Gasteiger partial charge on any atom is -0.356 e. The fourth-order valence-electron chi connectivity index (χ4n) is 4.89. The Morgan fingerprint density at radius 1 is 0.821 bits per heavy atom. The van der Waals surface area contributed by atoms with Crippen molar-refractivity contribution in [2.45, 2.75) is 77.0 Å². The zero-order valence-corrected chi connectivity index (χ0v) is 17.3. The van der Waals surface area contributed by atoms with E-state index in [1.54, 1.807) is 0 Å². The van der Waals surface area contributed by atoms with Gasteiger partial charge in [0.1, 0.15) is 0 Å². The number of hydrogen-bond acceptors (Lipinski definition) is 3. The third-order valence-corrected chi connectivity index (χ3v) is 6.73. The summed E-state index contributed by atoms with van der Waals surface area (Å²) < 4.78 is 0. The summed E-state index contributed by atoms with van der Waals surface area (Å²) in [7, 11) is 0. The number of rotatable bonds is 3. The molecular weight excluding hydrogens is 354 g/mol. The molecule has 6 nitrogen and oxygen atoms in total. The number of carbonyl (C=O) groups is 3. The normalized spacial score (nSPS) is 23.9. The maximum atomic E-state index is 13.1. The second-order valence-corrected chi connectivity index (χ2v) is 8.85. The second-order valence-electron chi connectivity index (χ2n) is 8.85. The topological polar surface area (TPSA) is 69.7 Å². The van der Waals surface area contributed by atoms with Crippen molar-refractivity contribution in [1.29, 1.82) is 0 Å². The fraction of sp³-hybridized carbons (Fsp3) is 0.864. The Labute approximate surface area is 169 Å². The first-order valence-electron chi connectivity index (χ1n) is 11.5. The summed E-state index contributed by atoms with van der Waals surface area (Å²) in [5.74, 6) is 1.10. The average molecular weight is 392 g/mol. The Morgan fingerprint density at radius 3 is 2.29 bits per heavy atom. The van der Waals surface area contributed by atoms with Gasteiger partial charge in [0.25, 0.3) is 0 Å². The van der Waals surface area contributed by atoms with Gasteiger partial charge in [-0.25, -0.2) is 0 Å². The van der Waals surface area contributed by atoms with Crippen LogP contribution in [0.5, 0.6) is 0 Å². The fourth-order valence-corrected chi connectivity index (χ4v) is 4.89. The van der Waals surface area contributed by atoms with E-state index < -0.39 is 0 Å². The second kappa shape index (κ2) is 10.8. The lowest BCUT2D eigenvalue weighted by Gasteiger charge is -2.34. The molecule has 3 amide bonds. The molecule has 0 spiro atoms. The van der Waals surface area contributed by atoms with E-state index in [0.717, 1.165) is 51.6 Å². The number of amides is 3. The van der Waals surface area contributed by atoms with Gasteiger partial charge in [-0.2, -0.15) is 0 Å². The summed E-state index contributed by atoms with van der Waals surface area (Å²) in [6.07, 6.45) is 11.8. The first-order valence-corrected chi connectivity index (χ1v) is 11.5. The van der Waals surface area contributed by atoms with Crippen LogP contribution in [0, 0.1) is 11.8 Å². The molecule has 0 aromatic heterocycles. The Bertz CT molecular complexity index is 537. The first-order chi connectivity index (χ1) is 13.6. The molecule has 158 valence electrons. The van der Waals surface area contributed by atoms with Crippen LogP contribution < -0.4 is 5.32 Å². The number of likely N-dealkylation sites (tertiary alicyclic amines) is 1. The van der Waals surface area contributed by atoms with Crippen LogP contribution in [-0.2, 0) is 14.4 Å². The van der Waals surface area contributed by atoms with Crippen LogP contribution in [-0.4, -0.2) is 60.2 Å². The number of piperidine rings is 1. The van der Waals surface area contributed by atoms with E-state index in [1.165, 1.54) is 25.7 Å². The van der Waals surface area contributed by atoms with Crippen LogP contribution >= 0.6 is 0 Å². The highest BCUT2D eigenvalue weighted by Crippen LogP contribution is 2.29. The molecule has 0 atom stereocenters. The third-order valence-electron chi connectivity index (χ3n) is 6.73. The summed E-state index contributed by atoms with van der Waals surface area (Å²) in [6.45, 7) is 3.44. The molecule has 0 unspecified atom stereocenters. The van der Waals surface area contributed by atoms with E-state index in [9.17, 15) is 14.4 Å². The zero-order valence-electron chi connectivity index (χ0n) is 17.3. The summed E-state index contributed by atoms with van der Waals surface area (Å²) in [5.41, 5.74) is 0. The third kappa shape index (κ3) is 6.21. The van der Waals surface area contributed by atoms with Gasteiger partial charge in [-0.3, -0.25) is 14.4 Å². The van der Waals surface area contributed by atoms with Gasteiger partial charge in [0.15, 0.2) is 0 Å². The number of nitrogens with one attached hydrogen (secondary N) is 1. The zero-order chi connectivity index (χ0) is 19.8. The first kappa shape index (κ1) is 21.1. The minimum absolute atomic E-state index is 0.00344. The Hall–Kier alpha value is -1.59. The maximum absolute atomic E-state index is 13.1. The van der Waals surface area contributed by atoms with Crippen LogP contribution in [0.1, 0.15) is 77.0 Å². The smallest absolute Gasteiger partial charge is 0.225 e. The van der Waals surface area contributed by atoms with E-state index in [0.29, 0.717) is 38.4 Å². The van der Waals surface area contributed by atoms with Gasteiger partial charge in [-0.15, -0.1) is 0 Å². The van der Waals surface area contributed by atoms with Crippen LogP contribution in [0.2, 0.25) is 0 Å². The van der Waals surface area contributed by atoms with E-state index in [2.05, 4.69) is 5.32 Å². The SMILES string of the molecule is O=C1CCN(C(=O)C2CCN(C(=O)CC3CCCC3)CC2)CCCCCCN1. The summed E-state index contributed by atoms with van der Waals surface area (Å²) in [6, 6.07) is 0. The average Bonchev–Trinajstić information content (AvgIpc) is 3.20. The molecule has 0 bridgehead atoms. The van der Waals surface area contributed by atoms with Crippen molar-refractivity contribution in [2.24, 2.45) is 11.8 Å². The van der Waals surface area contributed by atoms with Crippen LogP contribution in [0.3, 0.4) is 0 Å². The molecule has 28 heavy (non-hydrogen) atoms. The number of hydrogen-bond donors (Lipinski definition) is 1. The van der Waals surface area contributed by atoms with Crippen LogP contribution in [0.25, 0.3) is 0 Å². The predicted octanol–water partition coefficient (Wildman–Crippen LogP) is 2.71. The molecule has 0 radical (unpaired) electrons. The lowest BCUT2D eigenvalue weighted by Crippen LogP contribution is -2.45. The highest BCUT2D eigenvalue weighted by Gasteiger charge is 2.31.